The summed E-state index contributed by atoms with van der Waals surface area (Å²) in [6.07, 6.45) is 1.69. The molecule has 0 aliphatic rings. The average molecular weight is 749 g/mol. The topological polar surface area (TPSA) is 38.9 Å². The van der Waals surface area contributed by atoms with E-state index in [9.17, 15) is 0 Å². The van der Waals surface area contributed by atoms with E-state index in [0.717, 1.165) is 61.1 Å². The summed E-state index contributed by atoms with van der Waals surface area (Å²) in [6.45, 7) is 0. The van der Waals surface area contributed by atoms with E-state index in [1.807, 2.05) is 24.3 Å². The van der Waals surface area contributed by atoms with E-state index in [-0.39, 0.29) is 0 Å². The van der Waals surface area contributed by atoms with Gasteiger partial charge in [0.05, 0.1) is 11.4 Å². The number of rotatable bonds is 4. The molecular formula is C56H32N2O. The van der Waals surface area contributed by atoms with Crippen LogP contribution in [-0.4, -0.2) is 9.97 Å². The summed E-state index contributed by atoms with van der Waals surface area (Å²) in [4.78, 5) is 9.72. The second-order valence-electron chi connectivity index (χ2n) is 15.7. The molecule has 0 spiro atoms. The van der Waals surface area contributed by atoms with Crippen molar-refractivity contribution in [3.05, 3.63) is 194 Å². The van der Waals surface area contributed by atoms with Gasteiger partial charge < -0.3 is 4.42 Å². The quantitative estimate of drug-likeness (QED) is 0.168. The Kier molecular flexibility index (Phi) is 6.72. The number of hydrogen-bond donors (Lipinski definition) is 0. The van der Waals surface area contributed by atoms with Crippen molar-refractivity contribution in [3.63, 3.8) is 0 Å². The van der Waals surface area contributed by atoms with Crippen LogP contribution in [0.5, 0.6) is 0 Å². The molecule has 0 fully saturated rings. The second-order valence-corrected chi connectivity index (χ2v) is 15.7. The molecule has 0 atom stereocenters. The van der Waals surface area contributed by atoms with E-state index in [0.29, 0.717) is 0 Å². The Balaban J connectivity index is 1.06. The van der Waals surface area contributed by atoms with E-state index in [1.54, 1.807) is 6.33 Å². The highest BCUT2D eigenvalue weighted by atomic mass is 16.3. The average Bonchev–Trinajstić information content (AvgIpc) is 3.69. The molecule has 2 heterocycles. The molecule has 0 saturated heterocycles. The van der Waals surface area contributed by atoms with Gasteiger partial charge in [-0.25, -0.2) is 9.97 Å². The van der Waals surface area contributed by atoms with Crippen molar-refractivity contribution in [2.45, 2.75) is 0 Å². The number of fused-ring (bicyclic) bond motifs is 5. The van der Waals surface area contributed by atoms with Gasteiger partial charge in [0.25, 0.3) is 0 Å². The fourth-order valence-electron chi connectivity index (χ4n) is 9.89. The van der Waals surface area contributed by atoms with Gasteiger partial charge in [-0.1, -0.05) is 152 Å². The monoisotopic (exact) mass is 748 g/mol. The number of nitrogens with zero attached hydrogens (tertiary/aromatic N) is 2. The molecule has 0 saturated carbocycles. The summed E-state index contributed by atoms with van der Waals surface area (Å²) in [5.74, 6) is 0. The predicted octanol–water partition coefficient (Wildman–Crippen LogP) is 15.4. The minimum Gasteiger partial charge on any atom is -0.456 e. The van der Waals surface area contributed by atoms with Crippen LogP contribution in [0.25, 0.3) is 131 Å². The molecule has 0 bridgehead atoms. The molecule has 13 aromatic rings. The third kappa shape index (κ3) is 4.76. The highest BCUT2D eigenvalue weighted by Crippen LogP contribution is 2.45. The van der Waals surface area contributed by atoms with E-state index in [2.05, 4.69) is 164 Å². The van der Waals surface area contributed by atoms with Gasteiger partial charge in [0, 0.05) is 21.9 Å². The van der Waals surface area contributed by atoms with Crippen molar-refractivity contribution < 1.29 is 4.42 Å². The number of para-hydroxylation sites is 1. The fraction of sp³-hybridized carbons (Fsp3) is 0. The van der Waals surface area contributed by atoms with E-state index in [4.69, 9.17) is 14.4 Å². The second kappa shape index (κ2) is 12.3. The first-order chi connectivity index (χ1) is 29.2. The number of hydrogen-bond acceptors (Lipinski definition) is 3. The van der Waals surface area contributed by atoms with Gasteiger partial charge in [-0.3, -0.25) is 0 Å². The molecule has 0 aliphatic heterocycles. The summed E-state index contributed by atoms with van der Waals surface area (Å²) in [6, 6.07) is 68.3. The Morgan fingerprint density at radius 1 is 0.288 bits per heavy atom. The Bertz CT molecular complexity index is 3840. The number of furan rings is 1. The summed E-state index contributed by atoms with van der Waals surface area (Å²) >= 11 is 0. The molecule has 13 rings (SSSR count). The Hall–Kier alpha value is -7.88. The lowest BCUT2D eigenvalue weighted by atomic mass is 9.86. The van der Waals surface area contributed by atoms with Crippen LogP contribution in [-0.2, 0) is 0 Å². The van der Waals surface area contributed by atoms with E-state index < -0.39 is 0 Å². The van der Waals surface area contributed by atoms with Gasteiger partial charge in [0.15, 0.2) is 0 Å². The predicted molar refractivity (Wildman–Crippen MR) is 247 cm³/mol. The minimum absolute atomic E-state index is 0.847. The molecule has 3 nitrogen and oxygen atoms in total. The maximum atomic E-state index is 6.24. The Labute approximate surface area is 338 Å². The lowest BCUT2D eigenvalue weighted by Crippen LogP contribution is -1.93. The van der Waals surface area contributed by atoms with Crippen LogP contribution in [0.1, 0.15) is 0 Å². The molecule has 2 aromatic heterocycles. The van der Waals surface area contributed by atoms with Crippen LogP contribution in [0.3, 0.4) is 0 Å². The van der Waals surface area contributed by atoms with Gasteiger partial charge in [0.1, 0.15) is 17.5 Å². The lowest BCUT2D eigenvalue weighted by molar-refractivity contribution is 0.669. The number of aromatic nitrogens is 2. The molecule has 0 N–H and O–H groups in total. The fourth-order valence-corrected chi connectivity index (χ4v) is 9.89. The highest BCUT2D eigenvalue weighted by Gasteiger charge is 2.19. The largest absolute Gasteiger partial charge is 0.456 e. The summed E-state index contributed by atoms with van der Waals surface area (Å²) in [5, 5.41) is 17.5. The smallest absolute Gasteiger partial charge is 0.136 e. The molecule has 0 aliphatic carbocycles. The zero-order valence-electron chi connectivity index (χ0n) is 31.8. The molecule has 0 amide bonds. The van der Waals surface area contributed by atoms with Crippen molar-refractivity contribution in [2.75, 3.05) is 0 Å². The Morgan fingerprint density at radius 3 is 1.59 bits per heavy atom. The van der Waals surface area contributed by atoms with Crippen molar-refractivity contribution in [1.29, 1.82) is 0 Å². The van der Waals surface area contributed by atoms with Crippen molar-refractivity contribution in [3.8, 4) is 44.8 Å². The van der Waals surface area contributed by atoms with Crippen molar-refractivity contribution >= 4 is 86.6 Å². The van der Waals surface area contributed by atoms with Crippen molar-refractivity contribution in [1.82, 2.24) is 9.97 Å². The van der Waals surface area contributed by atoms with Crippen LogP contribution >= 0.6 is 0 Å². The van der Waals surface area contributed by atoms with Gasteiger partial charge in [-0.05, 0) is 123 Å². The van der Waals surface area contributed by atoms with Gasteiger partial charge in [-0.2, -0.15) is 0 Å². The third-order valence-corrected chi connectivity index (χ3v) is 12.5. The van der Waals surface area contributed by atoms with Crippen molar-refractivity contribution in [2.24, 2.45) is 0 Å². The lowest BCUT2D eigenvalue weighted by Gasteiger charge is -2.18. The molecule has 11 aromatic carbocycles. The first-order valence-electron chi connectivity index (χ1n) is 20.1. The zero-order chi connectivity index (χ0) is 38.6. The normalized spacial score (nSPS) is 12.1. The van der Waals surface area contributed by atoms with E-state index in [1.165, 1.54) is 70.2 Å². The van der Waals surface area contributed by atoms with Crippen LogP contribution in [0.15, 0.2) is 199 Å². The summed E-state index contributed by atoms with van der Waals surface area (Å²) in [5.41, 5.74) is 10.1. The Morgan fingerprint density at radius 2 is 0.864 bits per heavy atom. The highest BCUT2D eigenvalue weighted by molar-refractivity contribution is 6.37. The van der Waals surface area contributed by atoms with Gasteiger partial charge in [0.2, 0.25) is 0 Å². The summed E-state index contributed by atoms with van der Waals surface area (Å²) in [7, 11) is 0. The first-order valence-corrected chi connectivity index (χ1v) is 20.1. The van der Waals surface area contributed by atoms with E-state index >= 15 is 0 Å². The van der Waals surface area contributed by atoms with Gasteiger partial charge >= 0.3 is 0 Å². The van der Waals surface area contributed by atoms with Crippen LogP contribution in [0.4, 0.5) is 0 Å². The molecular weight excluding hydrogens is 717 g/mol. The molecule has 0 unspecified atom stereocenters. The van der Waals surface area contributed by atoms with Crippen LogP contribution in [0.2, 0.25) is 0 Å². The SMILES string of the molecule is c1ccc(-c2cc(-c3cc4ccc5cccc6c7cccc8ccc9cccc(c(c3)c4c56)c9c87)ccc2-c2cc(-c3cccc4oc5ccccc5c34)ncn2)cc1. The first kappa shape index (κ1) is 32.2. The zero-order valence-corrected chi connectivity index (χ0v) is 31.8. The minimum atomic E-state index is 0.847. The standard InChI is InChI=1S/C56H32N2O/c1-2-10-33(11-3-1)46-29-37(26-27-40(46)48-31-49(58-32-57-48)44-19-9-21-51-56(44)45-15-4-5-20-50(45)59-51)39-28-38-25-24-36-13-7-17-42-41-16-6-12-34-22-23-35-14-8-18-43(54(35)52(34)41)47(30-39)55(38)53(36)42/h1-32H. The number of benzene rings is 10. The molecule has 3 heteroatoms. The van der Waals surface area contributed by atoms with Gasteiger partial charge in [-0.15, -0.1) is 0 Å². The third-order valence-electron chi connectivity index (χ3n) is 12.5. The maximum absolute atomic E-state index is 6.24. The molecule has 0 radical (unpaired) electrons. The molecule has 272 valence electrons. The van der Waals surface area contributed by atoms with Crippen LogP contribution in [0, 0.1) is 0 Å². The maximum Gasteiger partial charge on any atom is 0.136 e. The summed E-state index contributed by atoms with van der Waals surface area (Å²) < 4.78 is 6.24. The molecule has 59 heavy (non-hydrogen) atoms. The van der Waals surface area contributed by atoms with Crippen LogP contribution < -0.4 is 0 Å².